The zero-order valence-electron chi connectivity index (χ0n) is 31.1. The topological polar surface area (TPSA) is 162 Å². The summed E-state index contributed by atoms with van der Waals surface area (Å²) in [6.45, 7) is 10.2. The van der Waals surface area contributed by atoms with Gasteiger partial charge in [-0.15, -0.1) is 0 Å². The van der Waals surface area contributed by atoms with Crippen LogP contribution in [0.4, 0.5) is 21.1 Å². The minimum atomic E-state index is -0.728. The number of urea groups is 1. The average Bonchev–Trinajstić information content (AvgIpc) is 3.62. The highest BCUT2D eigenvalue weighted by atomic mass is 16.6. The second-order valence-electron chi connectivity index (χ2n) is 15.5. The van der Waals surface area contributed by atoms with Crippen LogP contribution >= 0.6 is 0 Å². The van der Waals surface area contributed by atoms with Crippen molar-refractivity contribution in [3.05, 3.63) is 88.6 Å². The lowest BCUT2D eigenvalue weighted by atomic mass is 9.79. The maximum atomic E-state index is 14.2. The van der Waals surface area contributed by atoms with E-state index in [4.69, 9.17) is 4.74 Å². The van der Waals surface area contributed by atoms with E-state index in [1.165, 1.54) is 0 Å². The van der Waals surface area contributed by atoms with Crippen molar-refractivity contribution >= 4 is 41.4 Å². The number of hydrogen-bond acceptors (Lipinski definition) is 7. The molecule has 0 radical (unpaired) electrons. The van der Waals surface area contributed by atoms with Crippen molar-refractivity contribution in [3.63, 3.8) is 0 Å². The highest BCUT2D eigenvalue weighted by Gasteiger charge is 2.51. The van der Waals surface area contributed by atoms with Crippen molar-refractivity contribution in [3.8, 4) is 0 Å². The number of ether oxygens (including phenoxy) is 1. The van der Waals surface area contributed by atoms with Gasteiger partial charge in [-0.1, -0.05) is 36.4 Å². The Morgan fingerprint density at radius 3 is 2.43 bits per heavy atom. The highest BCUT2D eigenvalue weighted by Crippen LogP contribution is 2.47. The summed E-state index contributed by atoms with van der Waals surface area (Å²) in [5.41, 5.74) is 3.67. The first kappa shape index (κ1) is 37.3. The Kier molecular flexibility index (Phi) is 10.7. The van der Waals surface area contributed by atoms with E-state index in [1.54, 1.807) is 36.8 Å². The number of rotatable bonds is 9. The van der Waals surface area contributed by atoms with Gasteiger partial charge in [-0.3, -0.25) is 14.4 Å². The van der Waals surface area contributed by atoms with Crippen LogP contribution in [0.25, 0.3) is 0 Å². The number of piperidine rings is 1. The van der Waals surface area contributed by atoms with Gasteiger partial charge in [0, 0.05) is 55.6 Å². The van der Waals surface area contributed by atoms with E-state index in [9.17, 15) is 24.0 Å². The quantitative estimate of drug-likeness (QED) is 0.244. The molecule has 6 rings (SSSR count). The molecule has 1 aliphatic carbocycles. The lowest BCUT2D eigenvalue weighted by molar-refractivity contribution is -0.140. The molecule has 1 aromatic heterocycles. The van der Waals surface area contributed by atoms with Crippen LogP contribution in [0.2, 0.25) is 0 Å². The molecule has 0 bridgehead atoms. The van der Waals surface area contributed by atoms with Gasteiger partial charge >= 0.3 is 12.1 Å². The summed E-state index contributed by atoms with van der Waals surface area (Å²) >= 11 is 0. The van der Waals surface area contributed by atoms with Gasteiger partial charge in [0.25, 0.3) is 0 Å². The molecule has 1 spiro atoms. The number of aromatic nitrogens is 1. The molecule has 280 valence electrons. The van der Waals surface area contributed by atoms with E-state index < -0.39 is 17.1 Å². The van der Waals surface area contributed by atoms with Crippen molar-refractivity contribution < 1.29 is 28.7 Å². The molecule has 53 heavy (non-hydrogen) atoms. The fraction of sp³-hybridized carbons (Fsp3) is 0.450. The minimum absolute atomic E-state index is 0.00347. The molecule has 3 aliphatic rings. The number of nitrogens with zero attached hydrogens (tertiary/aromatic N) is 3. The lowest BCUT2D eigenvalue weighted by Gasteiger charge is -2.34. The van der Waals surface area contributed by atoms with Crippen LogP contribution in [0.1, 0.15) is 75.3 Å². The van der Waals surface area contributed by atoms with Gasteiger partial charge in [0.2, 0.25) is 17.7 Å². The number of amides is 6. The number of likely N-dealkylation sites (tertiary alicyclic amines) is 1. The fourth-order valence-corrected chi connectivity index (χ4v) is 7.43. The van der Waals surface area contributed by atoms with E-state index in [0.717, 1.165) is 27.8 Å². The van der Waals surface area contributed by atoms with Crippen LogP contribution in [0.15, 0.2) is 60.8 Å². The largest absolute Gasteiger partial charge is 0.444 e. The second-order valence-corrected chi connectivity index (χ2v) is 15.5. The van der Waals surface area contributed by atoms with Crippen molar-refractivity contribution in [1.82, 2.24) is 25.4 Å². The van der Waals surface area contributed by atoms with Crippen molar-refractivity contribution in [2.24, 2.45) is 5.92 Å². The third-order valence-corrected chi connectivity index (χ3v) is 9.96. The summed E-state index contributed by atoms with van der Waals surface area (Å²) in [7, 11) is 0. The number of carbonyl (C=O) groups excluding carboxylic acids is 5. The standard InChI is InChI=1S/C40H49N7O6/c1-25(2)43-37(51)46-17-14-26(15-18-46)35(49)47(23-29-10-7-6-9-28(29)22-42-38(52)53-39(3,4)5)24-33(48)44-31-13-12-27-20-40(21-30(27)19-31)32-11-8-16-41-34(32)45-36(40)50/h6-13,16,19,25-26H,14-15,17-18,20-24H2,1-5H3,(H,42,52)(H,43,51)(H,44,48)(H,41,45,50). The van der Waals surface area contributed by atoms with Crippen LogP contribution in [0.5, 0.6) is 0 Å². The molecule has 2 aliphatic heterocycles. The molecule has 4 N–H and O–H groups in total. The molecule has 0 saturated carbocycles. The van der Waals surface area contributed by atoms with Crippen molar-refractivity contribution in [1.29, 1.82) is 0 Å². The van der Waals surface area contributed by atoms with Crippen LogP contribution in [-0.2, 0) is 50.5 Å². The van der Waals surface area contributed by atoms with E-state index in [2.05, 4.69) is 26.3 Å². The number of carbonyl (C=O) groups is 5. The number of anilines is 2. The van der Waals surface area contributed by atoms with E-state index in [-0.39, 0.29) is 55.3 Å². The summed E-state index contributed by atoms with van der Waals surface area (Å²) in [6, 6.07) is 16.8. The molecule has 13 nitrogen and oxygen atoms in total. The molecule has 1 unspecified atom stereocenters. The van der Waals surface area contributed by atoms with Gasteiger partial charge in [-0.2, -0.15) is 0 Å². The highest BCUT2D eigenvalue weighted by molar-refractivity contribution is 6.06. The molecule has 3 aromatic rings. The molecular weight excluding hydrogens is 674 g/mol. The zero-order chi connectivity index (χ0) is 37.9. The number of alkyl carbamates (subject to hydrolysis) is 1. The van der Waals surface area contributed by atoms with Gasteiger partial charge in [0.1, 0.15) is 18.0 Å². The van der Waals surface area contributed by atoms with Gasteiger partial charge in [0.05, 0.1) is 5.41 Å². The average molecular weight is 724 g/mol. The van der Waals surface area contributed by atoms with Crippen LogP contribution in [0.3, 0.4) is 0 Å². The molecule has 1 fully saturated rings. The van der Waals surface area contributed by atoms with Gasteiger partial charge in [-0.25, -0.2) is 14.6 Å². The number of hydrogen-bond donors (Lipinski definition) is 4. The Morgan fingerprint density at radius 2 is 1.72 bits per heavy atom. The van der Waals surface area contributed by atoms with Crippen LogP contribution in [-0.4, -0.2) is 75.9 Å². The van der Waals surface area contributed by atoms with Gasteiger partial charge in [-0.05, 0) is 101 Å². The zero-order valence-corrected chi connectivity index (χ0v) is 31.1. The van der Waals surface area contributed by atoms with Gasteiger partial charge in [0.15, 0.2) is 0 Å². The first-order valence-electron chi connectivity index (χ1n) is 18.3. The van der Waals surface area contributed by atoms with Crippen molar-refractivity contribution in [2.45, 2.75) is 90.4 Å². The van der Waals surface area contributed by atoms with Gasteiger partial charge < -0.3 is 35.8 Å². The Balaban J connectivity index is 1.17. The molecule has 3 heterocycles. The molecular formula is C40H49N7O6. The second kappa shape index (κ2) is 15.3. The summed E-state index contributed by atoms with van der Waals surface area (Å²) in [5.74, 6) is -0.388. The SMILES string of the molecule is CC(C)NC(=O)N1CCC(C(=O)N(CC(=O)Nc2ccc3c(c2)CC2(C3)C(=O)Nc3ncccc32)Cc2ccccc2CNC(=O)OC(C)(C)C)CC1. The number of fused-ring (bicyclic) bond motifs is 3. The molecule has 1 atom stereocenters. The Hall–Kier alpha value is -5.46. The summed E-state index contributed by atoms with van der Waals surface area (Å²) < 4.78 is 5.41. The maximum absolute atomic E-state index is 14.2. The molecule has 2 aromatic carbocycles. The summed E-state index contributed by atoms with van der Waals surface area (Å²) in [4.78, 5) is 73.8. The molecule has 1 saturated heterocycles. The number of nitrogens with one attached hydrogen (secondary N) is 4. The maximum Gasteiger partial charge on any atom is 0.407 e. The predicted molar refractivity (Wildman–Crippen MR) is 200 cm³/mol. The summed E-state index contributed by atoms with van der Waals surface area (Å²) in [5, 5.41) is 11.6. The van der Waals surface area contributed by atoms with E-state index >= 15 is 0 Å². The first-order chi connectivity index (χ1) is 25.2. The molecule has 6 amide bonds. The van der Waals surface area contributed by atoms with E-state index in [1.807, 2.05) is 68.4 Å². The van der Waals surface area contributed by atoms with E-state index in [0.29, 0.717) is 50.3 Å². The fourth-order valence-electron chi connectivity index (χ4n) is 7.43. The third kappa shape index (κ3) is 8.61. The lowest BCUT2D eigenvalue weighted by Crippen LogP contribution is -2.49. The predicted octanol–water partition coefficient (Wildman–Crippen LogP) is 4.89. The van der Waals surface area contributed by atoms with Crippen molar-refractivity contribution in [2.75, 3.05) is 30.3 Å². The Bertz CT molecular complexity index is 1900. The first-order valence-corrected chi connectivity index (χ1v) is 18.3. The monoisotopic (exact) mass is 723 g/mol. The molecule has 13 heteroatoms. The Labute approximate surface area is 310 Å². The number of pyridine rings is 1. The minimum Gasteiger partial charge on any atom is -0.444 e. The number of benzene rings is 2. The Morgan fingerprint density at radius 1 is 1.00 bits per heavy atom. The smallest absolute Gasteiger partial charge is 0.407 e. The van der Waals surface area contributed by atoms with Crippen LogP contribution < -0.4 is 21.3 Å². The van der Waals surface area contributed by atoms with Crippen LogP contribution in [0, 0.1) is 5.92 Å². The normalized spacial score (nSPS) is 17.9. The third-order valence-electron chi connectivity index (χ3n) is 9.96. The summed E-state index contributed by atoms with van der Waals surface area (Å²) in [6.07, 6.45) is 3.10.